The van der Waals surface area contributed by atoms with E-state index in [0.717, 1.165) is 32.6 Å². The normalized spacial score (nSPS) is 20.3. The molecule has 19 heavy (non-hydrogen) atoms. The van der Waals surface area contributed by atoms with Crippen molar-refractivity contribution in [1.82, 2.24) is 9.80 Å². The SMILES string of the molecule is CCc1ccc(CN2CCC(N(C)CCO)C2)cc1. The van der Waals surface area contributed by atoms with Gasteiger partial charge in [-0.3, -0.25) is 9.80 Å². The second-order valence-corrected chi connectivity index (χ2v) is 5.55. The van der Waals surface area contributed by atoms with E-state index in [1.54, 1.807) is 0 Å². The zero-order valence-corrected chi connectivity index (χ0v) is 12.2. The molecule has 3 heteroatoms. The van der Waals surface area contributed by atoms with Crippen LogP contribution in [0, 0.1) is 0 Å². The third-order valence-electron chi connectivity index (χ3n) is 4.16. The summed E-state index contributed by atoms with van der Waals surface area (Å²) in [4.78, 5) is 4.79. The van der Waals surface area contributed by atoms with Gasteiger partial charge in [-0.1, -0.05) is 31.2 Å². The predicted molar refractivity (Wildman–Crippen MR) is 79.2 cm³/mol. The van der Waals surface area contributed by atoms with Gasteiger partial charge in [-0.05, 0) is 31.0 Å². The number of aliphatic hydroxyl groups is 1. The zero-order valence-electron chi connectivity index (χ0n) is 12.2. The molecule has 1 saturated heterocycles. The Morgan fingerprint density at radius 2 is 1.95 bits per heavy atom. The van der Waals surface area contributed by atoms with E-state index < -0.39 is 0 Å². The average molecular weight is 262 g/mol. The molecule has 0 bridgehead atoms. The van der Waals surface area contributed by atoms with E-state index >= 15 is 0 Å². The van der Waals surface area contributed by atoms with Crippen molar-refractivity contribution >= 4 is 0 Å². The number of nitrogens with zero attached hydrogens (tertiary/aromatic N) is 2. The molecule has 0 amide bonds. The molecule has 2 rings (SSSR count). The number of aryl methyl sites for hydroxylation is 1. The van der Waals surface area contributed by atoms with Crippen LogP contribution in [0.15, 0.2) is 24.3 Å². The van der Waals surface area contributed by atoms with Crippen LogP contribution in [0.5, 0.6) is 0 Å². The van der Waals surface area contributed by atoms with Crippen molar-refractivity contribution in [3.63, 3.8) is 0 Å². The molecule has 3 nitrogen and oxygen atoms in total. The van der Waals surface area contributed by atoms with Gasteiger partial charge in [0.15, 0.2) is 0 Å². The number of likely N-dealkylation sites (tertiary alicyclic amines) is 1. The number of hydrogen-bond donors (Lipinski definition) is 1. The van der Waals surface area contributed by atoms with Crippen LogP contribution in [-0.2, 0) is 13.0 Å². The van der Waals surface area contributed by atoms with E-state index in [-0.39, 0.29) is 6.61 Å². The summed E-state index contributed by atoms with van der Waals surface area (Å²) in [6.07, 6.45) is 2.32. The molecule has 0 spiro atoms. The van der Waals surface area contributed by atoms with Gasteiger partial charge in [0, 0.05) is 32.2 Å². The van der Waals surface area contributed by atoms with Crippen molar-refractivity contribution in [2.24, 2.45) is 0 Å². The monoisotopic (exact) mass is 262 g/mol. The van der Waals surface area contributed by atoms with Crippen LogP contribution in [0.3, 0.4) is 0 Å². The first-order valence-corrected chi connectivity index (χ1v) is 7.34. The third-order valence-corrected chi connectivity index (χ3v) is 4.16. The minimum atomic E-state index is 0.255. The topological polar surface area (TPSA) is 26.7 Å². The van der Waals surface area contributed by atoms with E-state index in [9.17, 15) is 0 Å². The maximum absolute atomic E-state index is 8.99. The Kier molecular flexibility index (Phi) is 5.37. The van der Waals surface area contributed by atoms with Crippen molar-refractivity contribution in [1.29, 1.82) is 0 Å². The average Bonchev–Trinajstić information content (AvgIpc) is 2.88. The van der Waals surface area contributed by atoms with Gasteiger partial charge in [0.1, 0.15) is 0 Å². The minimum absolute atomic E-state index is 0.255. The first-order chi connectivity index (χ1) is 9.22. The smallest absolute Gasteiger partial charge is 0.0558 e. The molecule has 0 saturated carbocycles. The highest BCUT2D eigenvalue weighted by Gasteiger charge is 2.25. The summed E-state index contributed by atoms with van der Waals surface area (Å²) < 4.78 is 0. The van der Waals surface area contributed by atoms with Gasteiger partial charge < -0.3 is 5.11 Å². The molecule has 1 fully saturated rings. The quantitative estimate of drug-likeness (QED) is 0.846. The van der Waals surface area contributed by atoms with E-state index in [2.05, 4.69) is 48.0 Å². The number of rotatable bonds is 6. The second kappa shape index (κ2) is 7.04. The zero-order chi connectivity index (χ0) is 13.7. The fourth-order valence-corrected chi connectivity index (χ4v) is 2.79. The third kappa shape index (κ3) is 4.03. The van der Waals surface area contributed by atoms with Gasteiger partial charge in [-0.15, -0.1) is 0 Å². The molecule has 1 aliphatic rings. The molecule has 1 aromatic carbocycles. The molecule has 0 aliphatic carbocycles. The number of aliphatic hydroxyl groups excluding tert-OH is 1. The molecule has 1 aliphatic heterocycles. The largest absolute Gasteiger partial charge is 0.395 e. The first kappa shape index (κ1) is 14.5. The predicted octanol–water partition coefficient (Wildman–Crippen LogP) is 1.75. The standard InChI is InChI=1S/C16H26N2O/c1-3-14-4-6-15(7-5-14)12-18-9-8-16(13-18)17(2)10-11-19/h4-7,16,19H,3,8-13H2,1-2H3. The van der Waals surface area contributed by atoms with Crippen LogP contribution in [-0.4, -0.2) is 54.2 Å². The van der Waals surface area contributed by atoms with E-state index in [1.165, 1.54) is 17.5 Å². The molecule has 1 aromatic rings. The summed E-state index contributed by atoms with van der Waals surface area (Å²) in [6, 6.07) is 9.58. The number of likely N-dealkylation sites (N-methyl/N-ethyl adjacent to an activating group) is 1. The lowest BCUT2D eigenvalue weighted by atomic mass is 10.1. The molecule has 106 valence electrons. The number of hydrogen-bond acceptors (Lipinski definition) is 3. The molecular weight excluding hydrogens is 236 g/mol. The summed E-state index contributed by atoms with van der Waals surface area (Å²) >= 11 is 0. The van der Waals surface area contributed by atoms with Crippen LogP contribution in [0.1, 0.15) is 24.5 Å². The fourth-order valence-electron chi connectivity index (χ4n) is 2.79. The van der Waals surface area contributed by atoms with Crippen LogP contribution in [0.2, 0.25) is 0 Å². The molecule has 0 radical (unpaired) electrons. The van der Waals surface area contributed by atoms with Gasteiger partial charge in [0.05, 0.1) is 6.61 Å². The van der Waals surface area contributed by atoms with Crippen LogP contribution >= 0.6 is 0 Å². The lowest BCUT2D eigenvalue weighted by Gasteiger charge is -2.23. The van der Waals surface area contributed by atoms with Gasteiger partial charge in [-0.2, -0.15) is 0 Å². The van der Waals surface area contributed by atoms with Gasteiger partial charge >= 0.3 is 0 Å². The highest BCUT2D eigenvalue weighted by atomic mass is 16.3. The maximum atomic E-state index is 8.99. The molecular formula is C16H26N2O. The maximum Gasteiger partial charge on any atom is 0.0558 e. The molecule has 1 heterocycles. The lowest BCUT2D eigenvalue weighted by molar-refractivity contribution is 0.177. The second-order valence-electron chi connectivity index (χ2n) is 5.55. The Morgan fingerprint density at radius 1 is 1.26 bits per heavy atom. The van der Waals surface area contributed by atoms with Crippen molar-refractivity contribution in [3.8, 4) is 0 Å². The van der Waals surface area contributed by atoms with Gasteiger partial charge in [0.2, 0.25) is 0 Å². The summed E-state index contributed by atoms with van der Waals surface area (Å²) in [5.41, 5.74) is 2.81. The Morgan fingerprint density at radius 3 is 2.58 bits per heavy atom. The highest BCUT2D eigenvalue weighted by molar-refractivity contribution is 5.22. The highest BCUT2D eigenvalue weighted by Crippen LogP contribution is 2.17. The van der Waals surface area contributed by atoms with Gasteiger partial charge in [0.25, 0.3) is 0 Å². The number of benzene rings is 1. The van der Waals surface area contributed by atoms with E-state index in [1.807, 2.05) is 0 Å². The fraction of sp³-hybridized carbons (Fsp3) is 0.625. The Bertz CT molecular complexity index is 377. The van der Waals surface area contributed by atoms with Crippen molar-refractivity contribution < 1.29 is 5.11 Å². The van der Waals surface area contributed by atoms with Crippen LogP contribution < -0.4 is 0 Å². The summed E-state index contributed by atoms with van der Waals surface area (Å²) in [7, 11) is 2.11. The first-order valence-electron chi connectivity index (χ1n) is 7.34. The van der Waals surface area contributed by atoms with Crippen LogP contribution in [0.25, 0.3) is 0 Å². The Labute approximate surface area is 116 Å². The summed E-state index contributed by atoms with van der Waals surface area (Å²) in [5, 5.41) is 8.99. The summed E-state index contributed by atoms with van der Waals surface area (Å²) in [5.74, 6) is 0. The Hall–Kier alpha value is -0.900. The van der Waals surface area contributed by atoms with Gasteiger partial charge in [-0.25, -0.2) is 0 Å². The lowest BCUT2D eigenvalue weighted by Crippen LogP contribution is -2.36. The van der Waals surface area contributed by atoms with Crippen molar-refractivity contribution in [2.45, 2.75) is 32.4 Å². The minimum Gasteiger partial charge on any atom is -0.395 e. The molecule has 0 aromatic heterocycles. The van der Waals surface area contributed by atoms with E-state index in [0.29, 0.717) is 6.04 Å². The Balaban J connectivity index is 1.84. The van der Waals surface area contributed by atoms with Crippen LogP contribution in [0.4, 0.5) is 0 Å². The molecule has 1 atom stereocenters. The molecule has 1 N–H and O–H groups in total. The molecule has 1 unspecified atom stereocenters. The summed E-state index contributed by atoms with van der Waals surface area (Å²) in [6.45, 7) is 6.56. The van der Waals surface area contributed by atoms with Crippen molar-refractivity contribution in [3.05, 3.63) is 35.4 Å². The van der Waals surface area contributed by atoms with E-state index in [4.69, 9.17) is 5.11 Å². The van der Waals surface area contributed by atoms with Crippen molar-refractivity contribution in [2.75, 3.05) is 33.3 Å².